The van der Waals surface area contributed by atoms with E-state index in [9.17, 15) is 0 Å². The van der Waals surface area contributed by atoms with Gasteiger partial charge in [-0.05, 0) is 5.56 Å². The summed E-state index contributed by atoms with van der Waals surface area (Å²) >= 11 is 0. The second-order valence-corrected chi connectivity index (χ2v) is 4.61. The first-order valence-corrected chi connectivity index (χ1v) is 6.37. The second-order valence-electron chi connectivity index (χ2n) is 4.61. The summed E-state index contributed by atoms with van der Waals surface area (Å²) in [5, 5.41) is 4.25. The van der Waals surface area contributed by atoms with Crippen molar-refractivity contribution in [2.24, 2.45) is 4.99 Å². The van der Waals surface area contributed by atoms with Gasteiger partial charge in [0.25, 0.3) is 0 Å². The molecule has 2 aliphatic rings. The van der Waals surface area contributed by atoms with Gasteiger partial charge >= 0.3 is 0 Å². The first kappa shape index (κ1) is 11.3. The van der Waals surface area contributed by atoms with Gasteiger partial charge in [-0.3, -0.25) is 4.90 Å². The largest absolute Gasteiger partial charge is 0.338 e. The van der Waals surface area contributed by atoms with Gasteiger partial charge in [-0.2, -0.15) is 0 Å². The third-order valence-electron chi connectivity index (χ3n) is 3.35. The Hall–Kier alpha value is -1.81. The molecule has 4 heteroatoms. The van der Waals surface area contributed by atoms with Crippen molar-refractivity contribution >= 4 is 5.96 Å². The van der Waals surface area contributed by atoms with Gasteiger partial charge in [-0.15, -0.1) is 0 Å². The maximum atomic E-state index is 4.25. The lowest BCUT2D eigenvalue weighted by molar-refractivity contribution is 0.173. The number of nitrogens with zero attached hydrogens (tertiary/aromatic N) is 4. The van der Waals surface area contributed by atoms with Crippen molar-refractivity contribution in [1.82, 2.24) is 15.1 Å². The predicted octanol–water partition coefficient (Wildman–Crippen LogP) is 1.25. The van der Waals surface area contributed by atoms with Crippen LogP contribution in [-0.4, -0.2) is 41.9 Å². The molecular formula is C14H17N4. The molecule has 1 aromatic rings. The molecule has 4 nitrogen and oxygen atoms in total. The van der Waals surface area contributed by atoms with E-state index < -0.39 is 0 Å². The number of hydrogen-bond donors (Lipinski definition) is 0. The number of guanidine groups is 1. The highest BCUT2D eigenvalue weighted by atomic mass is 15.4. The molecule has 0 N–H and O–H groups in total. The molecule has 0 spiro atoms. The number of rotatable bonds is 2. The van der Waals surface area contributed by atoms with E-state index in [0.717, 1.165) is 38.7 Å². The van der Waals surface area contributed by atoms with Gasteiger partial charge < -0.3 is 4.90 Å². The molecule has 0 bridgehead atoms. The van der Waals surface area contributed by atoms with Crippen molar-refractivity contribution in [3.8, 4) is 0 Å². The van der Waals surface area contributed by atoms with Crippen molar-refractivity contribution < 1.29 is 0 Å². The summed E-state index contributed by atoms with van der Waals surface area (Å²) < 4.78 is 0. The molecule has 1 aromatic carbocycles. The monoisotopic (exact) mass is 241 g/mol. The highest BCUT2D eigenvalue weighted by Gasteiger charge is 2.20. The minimum atomic E-state index is 0.870. The van der Waals surface area contributed by atoms with Crippen molar-refractivity contribution in [2.45, 2.75) is 6.54 Å². The Morgan fingerprint density at radius 1 is 0.944 bits per heavy atom. The van der Waals surface area contributed by atoms with Crippen LogP contribution in [0, 0.1) is 0 Å². The van der Waals surface area contributed by atoms with E-state index in [1.165, 1.54) is 5.56 Å². The molecule has 2 heterocycles. The maximum Gasteiger partial charge on any atom is 0.225 e. The number of aliphatic imine (C=N–C) groups is 1. The summed E-state index contributed by atoms with van der Waals surface area (Å²) in [7, 11) is 0. The Bertz CT molecular complexity index is 444. The average molecular weight is 241 g/mol. The molecule has 0 aromatic heterocycles. The molecule has 18 heavy (non-hydrogen) atoms. The molecule has 0 saturated carbocycles. The van der Waals surface area contributed by atoms with Crippen molar-refractivity contribution in [3.05, 3.63) is 48.3 Å². The fourth-order valence-electron chi connectivity index (χ4n) is 2.34. The molecule has 1 saturated heterocycles. The average Bonchev–Trinajstić information content (AvgIpc) is 2.95. The van der Waals surface area contributed by atoms with Gasteiger partial charge in [0.05, 0.1) is 0 Å². The Kier molecular flexibility index (Phi) is 3.28. The van der Waals surface area contributed by atoms with Gasteiger partial charge in [0.1, 0.15) is 0 Å². The Labute approximate surface area is 108 Å². The Morgan fingerprint density at radius 3 is 2.39 bits per heavy atom. The van der Waals surface area contributed by atoms with E-state index in [0.29, 0.717) is 0 Å². The van der Waals surface area contributed by atoms with Crippen LogP contribution in [0.1, 0.15) is 5.56 Å². The first-order chi connectivity index (χ1) is 8.92. The lowest BCUT2D eigenvalue weighted by Crippen LogP contribution is -2.49. The van der Waals surface area contributed by atoms with E-state index in [1.807, 2.05) is 0 Å². The summed E-state index contributed by atoms with van der Waals surface area (Å²) in [4.78, 5) is 8.98. The molecule has 1 fully saturated rings. The zero-order valence-corrected chi connectivity index (χ0v) is 10.4. The molecule has 93 valence electrons. The minimum Gasteiger partial charge on any atom is -0.338 e. The van der Waals surface area contributed by atoms with Gasteiger partial charge in [-0.25, -0.2) is 10.3 Å². The van der Waals surface area contributed by atoms with Crippen LogP contribution in [0.5, 0.6) is 0 Å². The van der Waals surface area contributed by atoms with Gasteiger partial charge in [0, 0.05) is 45.1 Å². The number of benzene rings is 1. The highest BCUT2D eigenvalue weighted by molar-refractivity contribution is 5.82. The van der Waals surface area contributed by atoms with Gasteiger partial charge in [0.2, 0.25) is 5.96 Å². The highest BCUT2D eigenvalue weighted by Crippen LogP contribution is 2.09. The molecule has 3 rings (SSSR count). The molecule has 0 unspecified atom stereocenters. The predicted molar refractivity (Wildman–Crippen MR) is 72.0 cm³/mol. The van der Waals surface area contributed by atoms with E-state index in [1.54, 1.807) is 12.4 Å². The third-order valence-corrected chi connectivity index (χ3v) is 3.35. The maximum absolute atomic E-state index is 4.25. The van der Waals surface area contributed by atoms with E-state index in [-0.39, 0.29) is 0 Å². The standard InChI is InChI=1S/C14H17N4/c1-2-4-13(5-3-1)12-17-8-10-18(11-9-17)14-15-6-7-16-14/h1-7H,8-12H2. The fourth-order valence-corrected chi connectivity index (χ4v) is 2.34. The molecule has 0 amide bonds. The van der Waals surface area contributed by atoms with E-state index in [2.05, 4.69) is 50.4 Å². The lowest BCUT2D eigenvalue weighted by Gasteiger charge is -2.35. The van der Waals surface area contributed by atoms with Crippen LogP contribution in [0.2, 0.25) is 0 Å². The quantitative estimate of drug-likeness (QED) is 0.780. The van der Waals surface area contributed by atoms with E-state index in [4.69, 9.17) is 0 Å². The molecule has 0 aliphatic carbocycles. The lowest BCUT2D eigenvalue weighted by atomic mass is 10.2. The van der Waals surface area contributed by atoms with Crippen molar-refractivity contribution in [3.63, 3.8) is 0 Å². The van der Waals surface area contributed by atoms with Crippen LogP contribution in [0.25, 0.3) is 0 Å². The zero-order valence-electron chi connectivity index (χ0n) is 10.4. The van der Waals surface area contributed by atoms with Crippen LogP contribution < -0.4 is 5.32 Å². The topological polar surface area (TPSA) is 32.9 Å². The summed E-state index contributed by atoms with van der Waals surface area (Å²) in [5.41, 5.74) is 1.38. The van der Waals surface area contributed by atoms with Gasteiger partial charge in [-0.1, -0.05) is 30.3 Å². The summed E-state index contributed by atoms with van der Waals surface area (Å²) in [6.45, 7) is 5.21. The van der Waals surface area contributed by atoms with Crippen molar-refractivity contribution in [1.29, 1.82) is 0 Å². The van der Waals surface area contributed by atoms with Crippen LogP contribution in [0.4, 0.5) is 0 Å². The SMILES string of the molecule is C1=CN=C(N2CCN(Cc3ccccc3)CC2)[N]1. The van der Waals surface area contributed by atoms with E-state index >= 15 is 0 Å². The fraction of sp³-hybridized carbons (Fsp3) is 0.357. The minimum absolute atomic E-state index is 0.870. The normalized spacial score (nSPS) is 19.8. The Balaban J connectivity index is 1.51. The molecule has 0 atom stereocenters. The molecule has 1 radical (unpaired) electrons. The molecule has 2 aliphatic heterocycles. The molecular weight excluding hydrogens is 224 g/mol. The third kappa shape index (κ3) is 2.54. The number of piperazine rings is 1. The summed E-state index contributed by atoms with van der Waals surface area (Å²) in [6, 6.07) is 10.6. The van der Waals surface area contributed by atoms with Crippen molar-refractivity contribution in [2.75, 3.05) is 26.2 Å². The summed E-state index contributed by atoms with van der Waals surface area (Å²) in [5.74, 6) is 0.870. The van der Waals surface area contributed by atoms with Crippen LogP contribution in [0.15, 0.2) is 47.7 Å². The van der Waals surface area contributed by atoms with Crippen LogP contribution in [0.3, 0.4) is 0 Å². The second kappa shape index (κ2) is 5.23. The Morgan fingerprint density at radius 2 is 1.72 bits per heavy atom. The zero-order chi connectivity index (χ0) is 12.2. The summed E-state index contributed by atoms with van der Waals surface area (Å²) in [6.07, 6.45) is 3.51. The van der Waals surface area contributed by atoms with Crippen LogP contribution in [-0.2, 0) is 6.54 Å². The smallest absolute Gasteiger partial charge is 0.225 e. The number of hydrogen-bond acceptors (Lipinski definition) is 3. The van der Waals surface area contributed by atoms with Gasteiger partial charge in [0.15, 0.2) is 0 Å². The van der Waals surface area contributed by atoms with Crippen LogP contribution >= 0.6 is 0 Å². The first-order valence-electron chi connectivity index (χ1n) is 6.37.